The number of hydrogen-bond acceptors (Lipinski definition) is 5. The van der Waals surface area contributed by atoms with Gasteiger partial charge in [-0.3, -0.25) is 14.6 Å². The molecule has 2 atom stereocenters. The van der Waals surface area contributed by atoms with Crippen molar-refractivity contribution in [3.63, 3.8) is 0 Å². The van der Waals surface area contributed by atoms with Crippen molar-refractivity contribution in [2.24, 2.45) is 10.9 Å². The fourth-order valence-electron chi connectivity index (χ4n) is 5.41. The molecule has 0 N–H and O–H groups in total. The number of dihydropyridines is 1. The second-order valence-electron chi connectivity index (χ2n) is 8.75. The van der Waals surface area contributed by atoms with E-state index in [0.717, 1.165) is 5.56 Å². The van der Waals surface area contributed by atoms with Crippen molar-refractivity contribution in [1.29, 1.82) is 0 Å². The number of aromatic nitrogens is 1. The summed E-state index contributed by atoms with van der Waals surface area (Å²) in [4.78, 5) is 39.9. The Morgan fingerprint density at radius 3 is 2.64 bits per heavy atom. The number of carbonyl (C=O) groups excluding carboxylic acids is 2. The van der Waals surface area contributed by atoms with Gasteiger partial charge in [0.15, 0.2) is 5.66 Å². The predicted molar refractivity (Wildman–Crippen MR) is 132 cm³/mol. The highest BCUT2D eigenvalue weighted by Gasteiger charge is 2.64. The number of aliphatic imine (C=N–C) groups is 1. The molecule has 0 aliphatic carbocycles. The fourth-order valence-corrected chi connectivity index (χ4v) is 5.54. The van der Waals surface area contributed by atoms with Gasteiger partial charge in [-0.15, -0.1) is 0 Å². The molecule has 0 bridgehead atoms. The van der Waals surface area contributed by atoms with Crippen LogP contribution >= 0.6 is 11.6 Å². The van der Waals surface area contributed by atoms with Gasteiger partial charge in [-0.05, 0) is 60.2 Å². The summed E-state index contributed by atoms with van der Waals surface area (Å²) >= 11 is 6.18. The number of ether oxygens (including phenoxy) is 1. The lowest BCUT2D eigenvalue weighted by Crippen LogP contribution is -2.54. The number of halogens is 2. The first-order valence-electron chi connectivity index (χ1n) is 11.5. The van der Waals surface area contributed by atoms with E-state index in [0.29, 0.717) is 36.0 Å². The van der Waals surface area contributed by atoms with E-state index in [1.165, 1.54) is 30.5 Å². The molecule has 2 amide bonds. The van der Waals surface area contributed by atoms with E-state index >= 15 is 0 Å². The van der Waals surface area contributed by atoms with Gasteiger partial charge < -0.3 is 14.5 Å². The Hall–Kier alpha value is -4.04. The number of rotatable bonds is 4. The molecule has 36 heavy (non-hydrogen) atoms. The van der Waals surface area contributed by atoms with Crippen molar-refractivity contribution in [3.05, 3.63) is 100 Å². The lowest BCUT2D eigenvalue weighted by Gasteiger charge is -2.43. The lowest BCUT2D eigenvalue weighted by molar-refractivity contribution is -0.129. The van der Waals surface area contributed by atoms with Crippen LogP contribution in [0.15, 0.2) is 83.5 Å². The lowest BCUT2D eigenvalue weighted by atomic mass is 9.82. The highest BCUT2D eigenvalue weighted by Crippen LogP contribution is 2.53. The van der Waals surface area contributed by atoms with E-state index in [2.05, 4.69) is 9.98 Å². The van der Waals surface area contributed by atoms with Crippen LogP contribution in [-0.2, 0) is 10.5 Å². The van der Waals surface area contributed by atoms with Crippen LogP contribution in [0.2, 0.25) is 5.02 Å². The molecule has 2 fully saturated rings. The first-order valence-corrected chi connectivity index (χ1v) is 11.9. The molecule has 3 aliphatic heterocycles. The number of hydrogen-bond donors (Lipinski definition) is 0. The Kier molecular flexibility index (Phi) is 5.34. The number of carbonyl (C=O) groups is 2. The summed E-state index contributed by atoms with van der Waals surface area (Å²) in [6.07, 6.45) is 4.91. The van der Waals surface area contributed by atoms with Gasteiger partial charge in [0.25, 0.3) is 11.8 Å². The van der Waals surface area contributed by atoms with Gasteiger partial charge >= 0.3 is 0 Å². The maximum absolute atomic E-state index is 14.2. The molecule has 9 heteroatoms. The number of fused-ring (bicyclic) bond motifs is 3. The van der Waals surface area contributed by atoms with Crippen LogP contribution in [0.3, 0.4) is 0 Å². The number of benzene rings is 2. The van der Waals surface area contributed by atoms with Crippen LogP contribution in [0.25, 0.3) is 0 Å². The maximum atomic E-state index is 14.2. The monoisotopic (exact) mass is 502 g/mol. The molecule has 3 aromatic rings. The van der Waals surface area contributed by atoms with Crippen molar-refractivity contribution in [2.75, 3.05) is 19.6 Å². The van der Waals surface area contributed by atoms with Crippen LogP contribution in [0, 0.1) is 11.7 Å². The second-order valence-corrected chi connectivity index (χ2v) is 9.18. The Morgan fingerprint density at radius 2 is 1.86 bits per heavy atom. The molecule has 4 heterocycles. The molecule has 2 unspecified atom stereocenters. The van der Waals surface area contributed by atoms with Crippen LogP contribution in [0.1, 0.15) is 15.9 Å². The number of pyridine rings is 1. The first-order chi connectivity index (χ1) is 17.5. The van der Waals surface area contributed by atoms with Gasteiger partial charge in [-0.2, -0.15) is 0 Å². The van der Waals surface area contributed by atoms with E-state index < -0.39 is 11.5 Å². The van der Waals surface area contributed by atoms with Gasteiger partial charge in [0, 0.05) is 36.1 Å². The predicted octanol–water partition coefficient (Wildman–Crippen LogP) is 4.44. The normalized spacial score (nSPS) is 22.3. The zero-order valence-electron chi connectivity index (χ0n) is 19.0. The molecule has 0 spiro atoms. The van der Waals surface area contributed by atoms with E-state index in [9.17, 15) is 14.0 Å². The minimum atomic E-state index is -1.06. The Morgan fingerprint density at radius 1 is 1.08 bits per heavy atom. The molecule has 1 aromatic heterocycles. The Labute approximate surface area is 211 Å². The first kappa shape index (κ1) is 22.4. The summed E-state index contributed by atoms with van der Waals surface area (Å²) in [5.41, 5.74) is 0.583. The molecular formula is C27H20ClFN4O3. The molecule has 180 valence electrons. The summed E-state index contributed by atoms with van der Waals surface area (Å²) in [5, 5.41) is 0.557. The molecule has 0 radical (unpaired) electrons. The number of amides is 2. The summed E-state index contributed by atoms with van der Waals surface area (Å²) in [6, 6.07) is 16.0. The fraction of sp³-hybridized carbons (Fsp3) is 0.185. The minimum absolute atomic E-state index is 0.0977. The average Bonchev–Trinajstić information content (AvgIpc) is 3.41. The smallest absolute Gasteiger partial charge is 0.261 e. The van der Waals surface area contributed by atoms with Crippen molar-refractivity contribution >= 4 is 29.6 Å². The SMILES string of the molecule is O=C1C2=CC=NCC2C2(c3ccc(Cl)cc3)N1CCN2C(=O)c1cccnc1Oc1ccc(F)cc1. The summed E-state index contributed by atoms with van der Waals surface area (Å²) in [6.45, 7) is 1.06. The molecule has 6 rings (SSSR count). The second kappa shape index (κ2) is 8.57. The summed E-state index contributed by atoms with van der Waals surface area (Å²) < 4.78 is 19.3. The molecule has 2 saturated heterocycles. The van der Waals surface area contributed by atoms with Gasteiger partial charge in [-0.25, -0.2) is 9.37 Å². The number of nitrogens with zero attached hydrogens (tertiary/aromatic N) is 4. The molecule has 0 saturated carbocycles. The van der Waals surface area contributed by atoms with Crippen LogP contribution < -0.4 is 4.74 Å². The van der Waals surface area contributed by atoms with Gasteiger partial charge in [0.1, 0.15) is 17.1 Å². The average molecular weight is 503 g/mol. The highest BCUT2D eigenvalue weighted by molar-refractivity contribution is 6.30. The van der Waals surface area contributed by atoms with E-state index in [-0.39, 0.29) is 29.2 Å². The highest BCUT2D eigenvalue weighted by atomic mass is 35.5. The molecular weight excluding hydrogens is 483 g/mol. The van der Waals surface area contributed by atoms with Crippen molar-refractivity contribution in [1.82, 2.24) is 14.8 Å². The summed E-state index contributed by atoms with van der Waals surface area (Å²) in [5.74, 6) is -0.734. The van der Waals surface area contributed by atoms with Gasteiger partial charge in [0.2, 0.25) is 5.88 Å². The Balaban J connectivity index is 1.46. The van der Waals surface area contributed by atoms with Gasteiger partial charge in [0.05, 0.1) is 12.5 Å². The zero-order valence-corrected chi connectivity index (χ0v) is 19.7. The number of allylic oxidation sites excluding steroid dienone is 1. The quantitative estimate of drug-likeness (QED) is 0.528. The van der Waals surface area contributed by atoms with E-state index in [4.69, 9.17) is 16.3 Å². The third-order valence-corrected chi connectivity index (χ3v) is 7.17. The van der Waals surface area contributed by atoms with Crippen LogP contribution in [-0.4, -0.2) is 52.4 Å². The van der Waals surface area contributed by atoms with Gasteiger partial charge in [-0.1, -0.05) is 23.7 Å². The third-order valence-electron chi connectivity index (χ3n) is 6.92. The van der Waals surface area contributed by atoms with Crippen molar-refractivity contribution in [2.45, 2.75) is 5.66 Å². The Bertz CT molecular complexity index is 1420. The molecule has 2 aromatic carbocycles. The minimum Gasteiger partial charge on any atom is -0.438 e. The van der Waals surface area contributed by atoms with E-state index in [1.807, 2.05) is 12.1 Å². The largest absolute Gasteiger partial charge is 0.438 e. The zero-order chi connectivity index (χ0) is 24.9. The van der Waals surface area contributed by atoms with Crippen LogP contribution in [0.5, 0.6) is 11.6 Å². The summed E-state index contributed by atoms with van der Waals surface area (Å²) in [7, 11) is 0. The third kappa shape index (κ3) is 3.32. The molecule has 3 aliphatic rings. The van der Waals surface area contributed by atoms with Crippen LogP contribution in [0.4, 0.5) is 4.39 Å². The molecule has 7 nitrogen and oxygen atoms in total. The van der Waals surface area contributed by atoms with Crippen molar-refractivity contribution in [3.8, 4) is 11.6 Å². The topological polar surface area (TPSA) is 75.1 Å². The standard InChI is InChI=1S/C27H20ClFN4O3/c28-18-5-3-17(4-6-18)27-23-16-30-13-11-21(23)25(34)32(27)14-15-33(27)26(35)22-2-1-12-31-24(22)36-20-9-7-19(29)8-10-20/h1-13,23H,14-16H2. The van der Waals surface area contributed by atoms with Crippen molar-refractivity contribution < 1.29 is 18.7 Å². The van der Waals surface area contributed by atoms with E-state index in [1.54, 1.807) is 46.4 Å². The maximum Gasteiger partial charge on any atom is 0.261 e.